The maximum Gasteiger partial charge on any atom is 0.321 e. The molecular formula is C21H23NO5S. The minimum absolute atomic E-state index is 0.333. The highest BCUT2D eigenvalue weighted by Crippen LogP contribution is 2.16. The number of ether oxygens (including phenoxy) is 1. The number of esters is 1. The van der Waals surface area contributed by atoms with Crippen LogP contribution >= 0.6 is 0 Å². The Morgan fingerprint density at radius 3 is 2.32 bits per heavy atom. The Morgan fingerprint density at radius 2 is 1.64 bits per heavy atom. The summed E-state index contributed by atoms with van der Waals surface area (Å²) in [6.07, 6.45) is 1.42. The van der Waals surface area contributed by atoms with E-state index in [1.54, 1.807) is 30.3 Å². The molecule has 28 heavy (non-hydrogen) atoms. The second-order valence-electron chi connectivity index (χ2n) is 6.41. The van der Waals surface area contributed by atoms with Crippen molar-refractivity contribution in [2.45, 2.75) is 20.8 Å². The summed E-state index contributed by atoms with van der Waals surface area (Å²) < 4.78 is 30.8. The van der Waals surface area contributed by atoms with Gasteiger partial charge in [0.1, 0.15) is 6.54 Å². The maximum absolute atomic E-state index is 12.3. The van der Waals surface area contributed by atoms with Crippen molar-refractivity contribution in [3.05, 3.63) is 75.7 Å². The number of rotatable bonds is 8. The quantitative estimate of drug-likeness (QED) is 0.543. The molecule has 2 aromatic rings. The molecule has 0 amide bonds. The molecule has 0 radical (unpaired) electrons. The molecule has 0 aliphatic heterocycles. The van der Waals surface area contributed by atoms with E-state index in [0.717, 1.165) is 22.1 Å². The molecule has 0 unspecified atom stereocenters. The summed E-state index contributed by atoms with van der Waals surface area (Å²) in [5.74, 6) is -1.16. The fraction of sp³-hybridized carbons (Fsp3) is 0.238. The van der Waals surface area contributed by atoms with Crippen LogP contribution in [0.15, 0.2) is 47.9 Å². The zero-order chi connectivity index (χ0) is 20.7. The number of hydrogen-bond donors (Lipinski definition) is 1. The first-order valence-electron chi connectivity index (χ1n) is 8.67. The standard InChI is InChI=1S/C21H23NO5S/c1-15-11-17(3)19(12-16(15)2)20(23)14-27-21(24)13-22-28(25,26)10-9-18-7-5-4-6-8-18/h4-12,22H,13-14H2,1-3H3/b10-9+. The largest absolute Gasteiger partial charge is 0.456 e. The summed E-state index contributed by atoms with van der Waals surface area (Å²) in [4.78, 5) is 24.0. The Bertz CT molecular complexity index is 995. The molecule has 0 aliphatic carbocycles. The SMILES string of the molecule is Cc1cc(C)c(C(=O)COC(=O)CNS(=O)(=O)/C=C/c2ccccc2)cc1C. The first-order valence-corrected chi connectivity index (χ1v) is 10.2. The van der Waals surface area contributed by atoms with Gasteiger partial charge in [0.25, 0.3) is 0 Å². The molecular weight excluding hydrogens is 378 g/mol. The van der Waals surface area contributed by atoms with Crippen LogP contribution in [-0.2, 0) is 19.6 Å². The zero-order valence-electron chi connectivity index (χ0n) is 16.1. The van der Waals surface area contributed by atoms with Crippen LogP contribution in [0, 0.1) is 20.8 Å². The molecule has 0 aliphatic rings. The van der Waals surface area contributed by atoms with E-state index >= 15 is 0 Å². The summed E-state index contributed by atoms with van der Waals surface area (Å²) in [7, 11) is -3.80. The van der Waals surface area contributed by atoms with Gasteiger partial charge in [-0.05, 0) is 55.2 Å². The Morgan fingerprint density at radius 1 is 1.00 bits per heavy atom. The lowest BCUT2D eigenvalue weighted by Crippen LogP contribution is -2.30. The van der Waals surface area contributed by atoms with E-state index in [9.17, 15) is 18.0 Å². The predicted octanol–water partition coefficient (Wildman–Crippen LogP) is 2.93. The molecule has 0 heterocycles. The van der Waals surface area contributed by atoms with Crippen molar-refractivity contribution in [3.8, 4) is 0 Å². The van der Waals surface area contributed by atoms with Gasteiger partial charge in [0.2, 0.25) is 15.8 Å². The third-order valence-electron chi connectivity index (χ3n) is 4.16. The molecule has 0 saturated carbocycles. The third kappa shape index (κ3) is 6.44. The predicted molar refractivity (Wildman–Crippen MR) is 108 cm³/mol. The van der Waals surface area contributed by atoms with Crippen LogP contribution in [0.25, 0.3) is 6.08 Å². The van der Waals surface area contributed by atoms with Gasteiger partial charge in [0.05, 0.1) is 0 Å². The van der Waals surface area contributed by atoms with Crippen molar-refractivity contribution in [3.63, 3.8) is 0 Å². The molecule has 7 heteroatoms. The fourth-order valence-corrected chi connectivity index (χ4v) is 3.23. The number of nitrogens with one attached hydrogen (secondary N) is 1. The average Bonchev–Trinajstić information content (AvgIpc) is 2.66. The summed E-state index contributed by atoms with van der Waals surface area (Å²) >= 11 is 0. The van der Waals surface area contributed by atoms with Crippen LogP contribution in [0.2, 0.25) is 0 Å². The topological polar surface area (TPSA) is 89.5 Å². The smallest absolute Gasteiger partial charge is 0.321 e. The summed E-state index contributed by atoms with van der Waals surface area (Å²) in [5, 5.41) is 0.971. The minimum atomic E-state index is -3.80. The molecule has 6 nitrogen and oxygen atoms in total. The average molecular weight is 401 g/mol. The number of hydrogen-bond acceptors (Lipinski definition) is 5. The van der Waals surface area contributed by atoms with Crippen molar-refractivity contribution in [1.82, 2.24) is 4.72 Å². The van der Waals surface area contributed by atoms with Crippen molar-refractivity contribution in [2.24, 2.45) is 0 Å². The lowest BCUT2D eigenvalue weighted by atomic mass is 9.98. The van der Waals surface area contributed by atoms with E-state index in [1.165, 1.54) is 6.08 Å². The Labute approximate surface area is 165 Å². The van der Waals surface area contributed by atoms with E-state index in [1.807, 2.05) is 32.9 Å². The Hall–Kier alpha value is -2.77. The molecule has 0 fully saturated rings. The molecule has 1 N–H and O–H groups in total. The fourth-order valence-electron chi connectivity index (χ4n) is 2.48. The van der Waals surface area contributed by atoms with Gasteiger partial charge in [-0.3, -0.25) is 9.59 Å². The highest BCUT2D eigenvalue weighted by Gasteiger charge is 2.15. The molecule has 0 saturated heterocycles. The number of sulfonamides is 1. The van der Waals surface area contributed by atoms with Gasteiger partial charge in [-0.1, -0.05) is 36.4 Å². The van der Waals surface area contributed by atoms with E-state index in [-0.39, 0.29) is 5.78 Å². The molecule has 0 spiro atoms. The number of ketones is 1. The second-order valence-corrected chi connectivity index (χ2v) is 8.07. The highest BCUT2D eigenvalue weighted by molar-refractivity contribution is 7.92. The second kappa shape index (κ2) is 9.43. The van der Waals surface area contributed by atoms with Crippen LogP contribution in [0.4, 0.5) is 0 Å². The Balaban J connectivity index is 1.86. The van der Waals surface area contributed by atoms with Crippen LogP contribution in [0.5, 0.6) is 0 Å². The van der Waals surface area contributed by atoms with E-state index in [0.29, 0.717) is 11.1 Å². The van der Waals surface area contributed by atoms with Gasteiger partial charge in [-0.25, -0.2) is 13.1 Å². The van der Waals surface area contributed by atoms with Gasteiger partial charge in [-0.15, -0.1) is 0 Å². The lowest BCUT2D eigenvalue weighted by molar-refractivity contribution is -0.141. The van der Waals surface area contributed by atoms with E-state index in [2.05, 4.69) is 4.72 Å². The van der Waals surface area contributed by atoms with Crippen LogP contribution in [0.1, 0.15) is 32.6 Å². The highest BCUT2D eigenvalue weighted by atomic mass is 32.2. The van der Waals surface area contributed by atoms with Crippen molar-refractivity contribution < 1.29 is 22.7 Å². The molecule has 0 atom stereocenters. The van der Waals surface area contributed by atoms with Gasteiger partial charge in [0.15, 0.2) is 6.61 Å². The van der Waals surface area contributed by atoms with Gasteiger partial charge < -0.3 is 4.74 Å². The molecule has 2 rings (SSSR count). The number of carbonyl (C=O) groups is 2. The molecule has 0 aromatic heterocycles. The van der Waals surface area contributed by atoms with Crippen molar-refractivity contribution >= 4 is 27.9 Å². The molecule has 148 valence electrons. The summed E-state index contributed by atoms with van der Waals surface area (Å²) in [6.45, 7) is 4.67. The number of benzene rings is 2. The lowest BCUT2D eigenvalue weighted by Gasteiger charge is -2.09. The Kier molecular flexibility index (Phi) is 7.25. The monoisotopic (exact) mass is 401 g/mol. The minimum Gasteiger partial charge on any atom is -0.456 e. The first kappa shape index (κ1) is 21.5. The van der Waals surface area contributed by atoms with Gasteiger partial charge in [-0.2, -0.15) is 0 Å². The number of Topliss-reactive ketones (excluding diaryl/α,β-unsaturated/α-hetero) is 1. The molecule has 2 aromatic carbocycles. The van der Waals surface area contributed by atoms with E-state index in [4.69, 9.17) is 4.74 Å². The van der Waals surface area contributed by atoms with Crippen LogP contribution < -0.4 is 4.72 Å². The van der Waals surface area contributed by atoms with Crippen LogP contribution in [-0.4, -0.2) is 33.3 Å². The number of aryl methyl sites for hydroxylation is 3. The first-order chi connectivity index (χ1) is 13.2. The van der Waals surface area contributed by atoms with Gasteiger partial charge >= 0.3 is 5.97 Å². The van der Waals surface area contributed by atoms with Gasteiger partial charge in [0, 0.05) is 11.0 Å². The third-order valence-corrected chi connectivity index (χ3v) is 5.20. The van der Waals surface area contributed by atoms with E-state index < -0.39 is 29.1 Å². The summed E-state index contributed by atoms with van der Waals surface area (Å²) in [5.41, 5.74) is 4.05. The maximum atomic E-state index is 12.3. The summed E-state index contributed by atoms with van der Waals surface area (Å²) in [6, 6.07) is 12.5. The van der Waals surface area contributed by atoms with Crippen molar-refractivity contribution in [1.29, 1.82) is 0 Å². The normalized spacial score (nSPS) is 11.5. The number of carbonyl (C=O) groups excluding carboxylic acids is 2. The van der Waals surface area contributed by atoms with Crippen LogP contribution in [0.3, 0.4) is 0 Å². The zero-order valence-corrected chi connectivity index (χ0v) is 16.9. The molecule has 0 bridgehead atoms. The van der Waals surface area contributed by atoms with Crippen molar-refractivity contribution in [2.75, 3.05) is 13.2 Å².